The number of nitrogens with one attached hydrogen (secondary N) is 1. The summed E-state index contributed by atoms with van der Waals surface area (Å²) in [5.41, 5.74) is 2.58. The van der Waals surface area contributed by atoms with Gasteiger partial charge in [-0.05, 0) is 24.6 Å². The Hall–Kier alpha value is -2.12. The highest BCUT2D eigenvalue weighted by atomic mass is 35.5. The smallest absolute Gasteiger partial charge is 0.137 e. The van der Waals surface area contributed by atoms with Gasteiger partial charge in [0.2, 0.25) is 0 Å². The highest BCUT2D eigenvalue weighted by Crippen LogP contribution is 2.20. The Morgan fingerprint density at radius 2 is 1.95 bits per heavy atom. The van der Waals surface area contributed by atoms with E-state index in [-0.39, 0.29) is 0 Å². The molecule has 0 atom stereocenters. The van der Waals surface area contributed by atoms with Gasteiger partial charge in [0.05, 0.1) is 11.6 Å². The van der Waals surface area contributed by atoms with Gasteiger partial charge >= 0.3 is 0 Å². The van der Waals surface area contributed by atoms with Crippen molar-refractivity contribution in [1.82, 2.24) is 9.97 Å². The first-order valence-electron chi connectivity index (χ1n) is 6.40. The van der Waals surface area contributed by atoms with Crippen molar-refractivity contribution in [3.8, 4) is 6.07 Å². The summed E-state index contributed by atoms with van der Waals surface area (Å²) in [5, 5.41) is 12.5. The number of hydrogen-bond donors (Lipinski definition) is 1. The molecule has 0 aliphatic rings. The van der Waals surface area contributed by atoms with Crippen molar-refractivity contribution in [1.29, 1.82) is 5.26 Å². The third kappa shape index (κ3) is 3.25. The summed E-state index contributed by atoms with van der Waals surface area (Å²) in [6.45, 7) is 4.51. The number of rotatable bonds is 4. The molecule has 0 saturated heterocycles. The lowest BCUT2D eigenvalue weighted by atomic mass is 10.1. The zero-order valence-electron chi connectivity index (χ0n) is 11.4. The van der Waals surface area contributed by atoms with E-state index >= 15 is 0 Å². The molecule has 0 amide bonds. The van der Waals surface area contributed by atoms with Gasteiger partial charge in [0, 0.05) is 18.5 Å². The lowest BCUT2D eigenvalue weighted by Gasteiger charge is -2.11. The van der Waals surface area contributed by atoms with Crippen molar-refractivity contribution < 1.29 is 0 Å². The molecule has 1 N–H and O–H groups in total. The maximum Gasteiger partial charge on any atom is 0.137 e. The van der Waals surface area contributed by atoms with E-state index in [1.165, 1.54) is 0 Å². The molecule has 5 heteroatoms. The minimum absolute atomic E-state index is 0.485. The molecule has 0 bridgehead atoms. The quantitative estimate of drug-likeness (QED) is 0.874. The molecule has 0 fully saturated rings. The van der Waals surface area contributed by atoms with Gasteiger partial charge in [0.1, 0.15) is 16.8 Å². The fraction of sp³-hybridized carbons (Fsp3) is 0.267. The standard InChI is InChI=1S/C15H15ClN4/c1-3-13-19-14(16)10(2)15(20-13)18-9-12-6-4-11(8-17)5-7-12/h4-7H,3,9H2,1-2H3,(H,18,19,20). The fourth-order valence-corrected chi connectivity index (χ4v) is 1.93. The maximum absolute atomic E-state index is 8.76. The van der Waals surface area contributed by atoms with Crippen LogP contribution in [0.4, 0.5) is 5.82 Å². The second-order valence-electron chi connectivity index (χ2n) is 4.42. The van der Waals surface area contributed by atoms with Gasteiger partial charge in [-0.3, -0.25) is 0 Å². The molecule has 2 rings (SSSR count). The van der Waals surface area contributed by atoms with Crippen LogP contribution in [0, 0.1) is 18.3 Å². The van der Waals surface area contributed by atoms with Crippen molar-refractivity contribution in [2.45, 2.75) is 26.8 Å². The first-order chi connectivity index (χ1) is 9.63. The molecule has 4 nitrogen and oxygen atoms in total. The van der Waals surface area contributed by atoms with Crippen molar-refractivity contribution in [3.05, 3.63) is 51.9 Å². The van der Waals surface area contributed by atoms with E-state index in [2.05, 4.69) is 21.4 Å². The molecular formula is C15H15ClN4. The Morgan fingerprint density at radius 1 is 1.25 bits per heavy atom. The number of anilines is 1. The van der Waals surface area contributed by atoms with E-state index in [1.54, 1.807) is 12.1 Å². The summed E-state index contributed by atoms with van der Waals surface area (Å²) in [6.07, 6.45) is 0.742. The normalized spacial score (nSPS) is 10.1. The highest BCUT2D eigenvalue weighted by molar-refractivity contribution is 6.30. The zero-order chi connectivity index (χ0) is 14.5. The van der Waals surface area contributed by atoms with Gasteiger partial charge in [0.15, 0.2) is 0 Å². The molecule has 1 heterocycles. The van der Waals surface area contributed by atoms with Gasteiger partial charge < -0.3 is 5.32 Å². The lowest BCUT2D eigenvalue weighted by molar-refractivity contribution is 0.922. The first kappa shape index (κ1) is 14.3. The van der Waals surface area contributed by atoms with E-state index < -0.39 is 0 Å². The van der Waals surface area contributed by atoms with E-state index in [9.17, 15) is 0 Å². The minimum atomic E-state index is 0.485. The molecule has 0 spiro atoms. The number of hydrogen-bond acceptors (Lipinski definition) is 4. The summed E-state index contributed by atoms with van der Waals surface area (Å²) >= 11 is 6.09. The summed E-state index contributed by atoms with van der Waals surface area (Å²) in [5.74, 6) is 1.48. The van der Waals surface area contributed by atoms with Crippen LogP contribution in [0.5, 0.6) is 0 Å². The lowest BCUT2D eigenvalue weighted by Crippen LogP contribution is -2.07. The largest absolute Gasteiger partial charge is 0.366 e. The second kappa shape index (κ2) is 6.36. The average molecular weight is 287 g/mol. The molecule has 102 valence electrons. The van der Waals surface area contributed by atoms with Gasteiger partial charge in [-0.2, -0.15) is 5.26 Å². The topological polar surface area (TPSA) is 61.6 Å². The van der Waals surface area contributed by atoms with E-state index in [0.29, 0.717) is 17.3 Å². The molecule has 0 unspecified atom stereocenters. The maximum atomic E-state index is 8.76. The summed E-state index contributed by atoms with van der Waals surface area (Å²) in [4.78, 5) is 8.65. The number of aryl methyl sites for hydroxylation is 1. The van der Waals surface area contributed by atoms with Crippen LogP contribution in [0.25, 0.3) is 0 Å². The summed E-state index contributed by atoms with van der Waals surface area (Å²) < 4.78 is 0. The molecule has 20 heavy (non-hydrogen) atoms. The Balaban J connectivity index is 2.14. The predicted octanol–water partition coefficient (Wildman–Crippen LogP) is 3.48. The number of aromatic nitrogens is 2. The molecule has 1 aromatic heterocycles. The molecule has 0 aliphatic heterocycles. The highest BCUT2D eigenvalue weighted by Gasteiger charge is 2.08. The number of nitriles is 1. The minimum Gasteiger partial charge on any atom is -0.366 e. The van der Waals surface area contributed by atoms with Gasteiger partial charge in [-0.25, -0.2) is 9.97 Å². The second-order valence-corrected chi connectivity index (χ2v) is 4.78. The van der Waals surface area contributed by atoms with Gasteiger partial charge in [-0.15, -0.1) is 0 Å². The Kier molecular flexibility index (Phi) is 4.54. The summed E-state index contributed by atoms with van der Waals surface area (Å²) in [7, 11) is 0. The predicted molar refractivity (Wildman–Crippen MR) is 79.6 cm³/mol. The average Bonchev–Trinajstić information content (AvgIpc) is 2.49. The van der Waals surface area contributed by atoms with Crippen molar-refractivity contribution in [3.63, 3.8) is 0 Å². The van der Waals surface area contributed by atoms with Crippen molar-refractivity contribution in [2.75, 3.05) is 5.32 Å². The Labute approximate surface area is 123 Å². The monoisotopic (exact) mass is 286 g/mol. The van der Waals surface area contributed by atoms with E-state index in [1.807, 2.05) is 26.0 Å². The summed E-state index contributed by atoms with van der Waals surface area (Å²) in [6, 6.07) is 9.54. The van der Waals surface area contributed by atoms with E-state index in [4.69, 9.17) is 16.9 Å². The molecular weight excluding hydrogens is 272 g/mol. The van der Waals surface area contributed by atoms with Crippen LogP contribution >= 0.6 is 11.6 Å². The van der Waals surface area contributed by atoms with Gasteiger partial charge in [-0.1, -0.05) is 30.7 Å². The van der Waals surface area contributed by atoms with Crippen LogP contribution in [0.3, 0.4) is 0 Å². The number of nitrogens with zero attached hydrogens (tertiary/aromatic N) is 3. The van der Waals surface area contributed by atoms with Crippen LogP contribution in [-0.4, -0.2) is 9.97 Å². The van der Waals surface area contributed by atoms with Gasteiger partial charge in [0.25, 0.3) is 0 Å². The SMILES string of the molecule is CCc1nc(Cl)c(C)c(NCc2ccc(C#N)cc2)n1. The third-order valence-corrected chi connectivity index (χ3v) is 3.36. The van der Waals surface area contributed by atoms with Crippen LogP contribution in [-0.2, 0) is 13.0 Å². The van der Waals surface area contributed by atoms with E-state index in [0.717, 1.165) is 29.2 Å². The van der Waals surface area contributed by atoms with Crippen LogP contribution in [0.15, 0.2) is 24.3 Å². The molecule has 0 aliphatic carbocycles. The zero-order valence-corrected chi connectivity index (χ0v) is 12.2. The first-order valence-corrected chi connectivity index (χ1v) is 6.77. The third-order valence-electron chi connectivity index (χ3n) is 2.99. The fourth-order valence-electron chi connectivity index (χ4n) is 1.75. The molecule has 2 aromatic rings. The Bertz CT molecular complexity index is 644. The molecule has 1 aromatic carbocycles. The molecule has 0 radical (unpaired) electrons. The molecule has 0 saturated carbocycles. The van der Waals surface area contributed by atoms with Crippen LogP contribution < -0.4 is 5.32 Å². The number of benzene rings is 1. The Morgan fingerprint density at radius 3 is 2.55 bits per heavy atom. The van der Waals surface area contributed by atoms with Crippen LogP contribution in [0.2, 0.25) is 5.15 Å². The van der Waals surface area contributed by atoms with Crippen molar-refractivity contribution in [2.24, 2.45) is 0 Å². The van der Waals surface area contributed by atoms with Crippen molar-refractivity contribution >= 4 is 17.4 Å². The number of halogens is 1. The van der Waals surface area contributed by atoms with Crippen LogP contribution in [0.1, 0.15) is 29.4 Å².